The van der Waals surface area contributed by atoms with E-state index in [-0.39, 0.29) is 33.3 Å². The second kappa shape index (κ2) is 5.32. The van der Waals surface area contributed by atoms with Crippen LogP contribution in [0.15, 0.2) is 0 Å². The van der Waals surface area contributed by atoms with E-state index in [1.807, 2.05) is 6.92 Å². The number of hydrogen-bond donors (Lipinski definition) is 1. The monoisotopic (exact) mass is 410 g/mol. The predicted molar refractivity (Wildman–Crippen MR) is 99.5 cm³/mol. The van der Waals surface area contributed by atoms with Crippen LogP contribution in [0.2, 0.25) is 0 Å². The molecule has 1 heterocycles. The van der Waals surface area contributed by atoms with Crippen LogP contribution in [0.5, 0.6) is 0 Å². The second-order valence-corrected chi connectivity index (χ2v) is 11.5. The fourth-order valence-electron chi connectivity index (χ4n) is 8.38. The zero-order chi connectivity index (χ0) is 17.6. The minimum atomic E-state index is -0.185. The molecule has 4 saturated carbocycles. The minimum absolute atomic E-state index is 0.0227. The van der Waals surface area contributed by atoms with Gasteiger partial charge in [-0.2, -0.15) is 0 Å². The van der Waals surface area contributed by atoms with Crippen LogP contribution in [0.1, 0.15) is 65.2 Å². The zero-order valence-corrected chi connectivity index (χ0v) is 17.1. The number of rotatable bonds is 1. The van der Waals surface area contributed by atoms with Gasteiger partial charge in [0.1, 0.15) is 5.78 Å². The van der Waals surface area contributed by atoms with Gasteiger partial charge >= 0.3 is 0 Å². The largest absolute Gasteiger partial charge is 0.393 e. The Bertz CT molecular complexity index is 608. The van der Waals surface area contributed by atoms with Gasteiger partial charge in [0.25, 0.3) is 0 Å². The number of ketones is 1. The van der Waals surface area contributed by atoms with Gasteiger partial charge in [-0.25, -0.2) is 0 Å². The average Bonchev–Trinajstić information content (AvgIpc) is 2.97. The Morgan fingerprint density at radius 2 is 1.96 bits per heavy atom. The van der Waals surface area contributed by atoms with Crippen LogP contribution < -0.4 is 0 Å². The molecular weight excluding hydrogens is 380 g/mol. The third kappa shape index (κ3) is 1.97. The predicted octanol–water partition coefficient (Wildman–Crippen LogP) is 4.10. The molecule has 5 aliphatic rings. The van der Waals surface area contributed by atoms with Crippen LogP contribution in [0.3, 0.4) is 0 Å². The van der Waals surface area contributed by atoms with E-state index in [1.54, 1.807) is 0 Å². The summed E-state index contributed by atoms with van der Waals surface area (Å²) in [6.07, 6.45) is 8.79. The van der Waals surface area contributed by atoms with Gasteiger partial charge in [-0.05, 0) is 81.5 Å². The lowest BCUT2D eigenvalue weighted by atomic mass is 9.44. The molecule has 3 nitrogen and oxygen atoms in total. The first-order valence-corrected chi connectivity index (χ1v) is 11.1. The summed E-state index contributed by atoms with van der Waals surface area (Å²) >= 11 is 4.14. The van der Waals surface area contributed by atoms with Crippen molar-refractivity contribution >= 4 is 21.7 Å². The third-order valence-electron chi connectivity index (χ3n) is 9.46. The molecule has 5 fully saturated rings. The number of alkyl halides is 1. The molecule has 2 bridgehead atoms. The van der Waals surface area contributed by atoms with Crippen LogP contribution >= 0.6 is 15.9 Å². The molecule has 0 radical (unpaired) electrons. The van der Waals surface area contributed by atoms with Crippen molar-refractivity contribution in [2.24, 2.45) is 34.5 Å². The number of ether oxygens (including phenoxy) is 1. The van der Waals surface area contributed by atoms with Crippen LogP contribution in [-0.4, -0.2) is 34.0 Å². The van der Waals surface area contributed by atoms with Crippen molar-refractivity contribution < 1.29 is 14.6 Å². The topological polar surface area (TPSA) is 46.5 Å². The summed E-state index contributed by atoms with van der Waals surface area (Å²) in [7, 11) is 0. The van der Waals surface area contributed by atoms with Crippen LogP contribution in [0, 0.1) is 34.5 Å². The highest BCUT2D eigenvalue weighted by molar-refractivity contribution is 9.10. The van der Waals surface area contributed by atoms with Crippen molar-refractivity contribution in [1.82, 2.24) is 0 Å². The van der Waals surface area contributed by atoms with Gasteiger partial charge in [-0.15, -0.1) is 0 Å². The van der Waals surface area contributed by atoms with E-state index < -0.39 is 0 Å². The van der Waals surface area contributed by atoms with Gasteiger partial charge in [0.05, 0.1) is 23.1 Å². The SMILES string of the molecule is CC(=O)[C@H]1CCC2C3C[C@H]4OC[C@@]5(CCC(O)C[C@]45Br)C3CC[C@@]21C. The molecular formula is C21H31BrO3. The summed E-state index contributed by atoms with van der Waals surface area (Å²) < 4.78 is 6.37. The Hall–Kier alpha value is 0.0700. The number of aliphatic hydroxyl groups excluding tert-OH is 1. The maximum atomic E-state index is 12.3. The molecule has 4 aliphatic carbocycles. The van der Waals surface area contributed by atoms with E-state index in [4.69, 9.17) is 4.74 Å². The number of halogens is 1. The molecule has 0 spiro atoms. The Labute approximate surface area is 159 Å². The lowest BCUT2D eigenvalue weighted by molar-refractivity contribution is -0.131. The van der Waals surface area contributed by atoms with Crippen LogP contribution in [0.25, 0.3) is 0 Å². The molecule has 1 saturated heterocycles. The molecule has 9 atom stereocenters. The number of Topliss-reactive ketones (excluding diaryl/α,β-unsaturated/α-hetero) is 1. The van der Waals surface area contributed by atoms with Crippen molar-refractivity contribution in [1.29, 1.82) is 0 Å². The Morgan fingerprint density at radius 3 is 2.72 bits per heavy atom. The summed E-state index contributed by atoms with van der Waals surface area (Å²) in [5.41, 5.74) is 0.416. The van der Waals surface area contributed by atoms with Gasteiger partial charge in [-0.1, -0.05) is 22.9 Å². The van der Waals surface area contributed by atoms with Gasteiger partial charge < -0.3 is 9.84 Å². The maximum Gasteiger partial charge on any atom is 0.133 e. The lowest BCUT2D eigenvalue weighted by Crippen LogP contribution is -2.63. The Morgan fingerprint density at radius 1 is 1.16 bits per heavy atom. The van der Waals surface area contributed by atoms with E-state index in [1.165, 1.54) is 19.3 Å². The average molecular weight is 411 g/mol. The third-order valence-corrected chi connectivity index (χ3v) is 11.1. The van der Waals surface area contributed by atoms with Crippen molar-refractivity contribution in [3.05, 3.63) is 0 Å². The molecule has 25 heavy (non-hydrogen) atoms. The van der Waals surface area contributed by atoms with E-state index in [9.17, 15) is 9.90 Å². The Kier molecular flexibility index (Phi) is 3.66. The minimum Gasteiger partial charge on any atom is -0.393 e. The summed E-state index contributed by atoms with van der Waals surface area (Å²) in [6.45, 7) is 5.09. The maximum absolute atomic E-state index is 12.3. The standard InChI is InChI=1S/C21H31BrO3/c1-12(23)15-3-4-16-14-9-18-21(22)10-13(24)5-8-20(21,11-25-18)17(14)6-7-19(15,16)2/h13-18,24H,3-11H2,1-2H3/t13?,14?,15-,16?,17?,18-,19-,20+,21+/m1/s1. The van der Waals surface area contributed by atoms with Crippen molar-refractivity contribution in [2.75, 3.05) is 6.61 Å². The fraction of sp³-hybridized carbons (Fsp3) is 0.952. The highest BCUT2D eigenvalue weighted by atomic mass is 79.9. The first-order chi connectivity index (χ1) is 11.8. The van der Waals surface area contributed by atoms with Crippen molar-refractivity contribution in [2.45, 2.75) is 81.7 Å². The fourth-order valence-corrected chi connectivity index (χ4v) is 9.68. The molecule has 0 amide bonds. The van der Waals surface area contributed by atoms with Crippen LogP contribution in [0.4, 0.5) is 0 Å². The van der Waals surface area contributed by atoms with Crippen LogP contribution in [-0.2, 0) is 9.53 Å². The quantitative estimate of drug-likeness (QED) is 0.661. The van der Waals surface area contributed by atoms with Gasteiger partial charge in [-0.3, -0.25) is 4.79 Å². The molecule has 5 rings (SSSR count). The molecule has 140 valence electrons. The summed E-state index contributed by atoms with van der Waals surface area (Å²) in [4.78, 5) is 12.3. The molecule has 1 N–H and O–H groups in total. The smallest absolute Gasteiger partial charge is 0.133 e. The normalized spacial score (nSPS) is 59.8. The highest BCUT2D eigenvalue weighted by Gasteiger charge is 2.72. The van der Waals surface area contributed by atoms with Gasteiger partial charge in [0.15, 0.2) is 0 Å². The summed E-state index contributed by atoms with van der Waals surface area (Å²) in [5, 5.41) is 10.3. The van der Waals surface area contributed by atoms with Crippen molar-refractivity contribution in [3.8, 4) is 0 Å². The van der Waals surface area contributed by atoms with E-state index in [0.717, 1.165) is 38.7 Å². The number of aliphatic hydroxyl groups is 1. The Balaban J connectivity index is 1.52. The van der Waals surface area contributed by atoms with E-state index in [0.29, 0.717) is 23.5 Å². The zero-order valence-electron chi connectivity index (χ0n) is 15.5. The number of fused-ring (bicyclic) bond motifs is 3. The molecule has 4 heteroatoms. The van der Waals surface area contributed by atoms with Crippen molar-refractivity contribution in [3.63, 3.8) is 0 Å². The van der Waals surface area contributed by atoms with Gasteiger partial charge in [0, 0.05) is 11.3 Å². The molecule has 1 aliphatic heterocycles. The lowest BCUT2D eigenvalue weighted by Gasteiger charge is -2.62. The molecule has 0 aromatic carbocycles. The van der Waals surface area contributed by atoms with E-state index >= 15 is 0 Å². The molecule has 0 aromatic heterocycles. The number of hydrogen-bond acceptors (Lipinski definition) is 3. The van der Waals surface area contributed by atoms with Gasteiger partial charge in [0.2, 0.25) is 0 Å². The first-order valence-electron chi connectivity index (χ1n) is 10.3. The molecule has 0 aromatic rings. The summed E-state index contributed by atoms with van der Waals surface area (Å²) in [6, 6.07) is 0. The second-order valence-electron chi connectivity index (χ2n) is 10.1. The van der Waals surface area contributed by atoms with E-state index in [2.05, 4.69) is 22.9 Å². The molecule has 4 unspecified atom stereocenters. The number of carbonyl (C=O) groups excluding carboxylic acids is 1. The number of carbonyl (C=O) groups is 1. The highest BCUT2D eigenvalue weighted by Crippen LogP contribution is 2.72. The first kappa shape index (κ1) is 17.2. The summed E-state index contributed by atoms with van der Waals surface area (Å²) in [5.74, 6) is 2.77.